The Labute approximate surface area is 114 Å². The first-order valence-electron chi connectivity index (χ1n) is 5.75. The van der Waals surface area contributed by atoms with Crippen molar-refractivity contribution in [1.82, 2.24) is 9.97 Å². The summed E-state index contributed by atoms with van der Waals surface area (Å²) in [6.45, 7) is 4.89. The van der Waals surface area contributed by atoms with Gasteiger partial charge in [0, 0.05) is 6.54 Å². The molecular formula is C13H13N3O2S. The molecule has 0 spiro atoms. The molecule has 2 aromatic rings. The van der Waals surface area contributed by atoms with Gasteiger partial charge in [0.05, 0.1) is 11.9 Å². The second-order valence-electron chi connectivity index (χ2n) is 3.96. The van der Waals surface area contributed by atoms with Crippen molar-refractivity contribution in [1.29, 1.82) is 0 Å². The number of nitrogens with zero attached hydrogens (tertiary/aromatic N) is 3. The van der Waals surface area contributed by atoms with E-state index in [-0.39, 0.29) is 0 Å². The van der Waals surface area contributed by atoms with Gasteiger partial charge in [0.1, 0.15) is 21.9 Å². The van der Waals surface area contributed by atoms with E-state index < -0.39 is 5.97 Å². The van der Waals surface area contributed by atoms with E-state index in [0.717, 1.165) is 16.7 Å². The van der Waals surface area contributed by atoms with Crippen molar-refractivity contribution >= 4 is 33.3 Å². The topological polar surface area (TPSA) is 66.3 Å². The molecule has 0 aliphatic carbocycles. The van der Waals surface area contributed by atoms with Crippen LogP contribution in [-0.2, 0) is 0 Å². The number of aromatic carboxylic acids is 1. The molecule has 0 bridgehead atoms. The summed E-state index contributed by atoms with van der Waals surface area (Å²) in [4.78, 5) is 22.5. The number of carboxylic acid groups (broad SMARTS) is 1. The molecule has 0 amide bonds. The molecule has 1 N–H and O–H groups in total. The highest BCUT2D eigenvalue weighted by atomic mass is 32.1. The number of fused-ring (bicyclic) bond motifs is 1. The van der Waals surface area contributed by atoms with E-state index in [9.17, 15) is 9.90 Å². The van der Waals surface area contributed by atoms with E-state index in [2.05, 4.69) is 15.9 Å². The van der Waals surface area contributed by atoms with Gasteiger partial charge in [-0.15, -0.1) is 17.8 Å². The van der Waals surface area contributed by atoms with E-state index in [1.807, 2.05) is 11.8 Å². The number of thiophene rings is 1. The van der Waals surface area contributed by atoms with Gasteiger partial charge in [0.2, 0.25) is 0 Å². The lowest BCUT2D eigenvalue weighted by atomic mass is 10.2. The lowest BCUT2D eigenvalue weighted by Gasteiger charge is -2.19. The Balaban J connectivity index is 2.69. The van der Waals surface area contributed by atoms with Crippen molar-refractivity contribution in [2.75, 3.05) is 18.0 Å². The second kappa shape index (κ2) is 5.24. The van der Waals surface area contributed by atoms with Crippen LogP contribution in [0, 0.1) is 19.3 Å². The maximum Gasteiger partial charge on any atom is 0.346 e. The van der Waals surface area contributed by atoms with Crippen LogP contribution in [0.3, 0.4) is 0 Å². The number of carbonyl (C=O) groups is 1. The molecule has 0 fully saturated rings. The van der Waals surface area contributed by atoms with Crippen molar-refractivity contribution in [2.45, 2.75) is 13.8 Å². The summed E-state index contributed by atoms with van der Waals surface area (Å²) in [7, 11) is 0. The van der Waals surface area contributed by atoms with Gasteiger partial charge in [0.25, 0.3) is 0 Å². The average molecular weight is 275 g/mol. The number of aryl methyl sites for hydroxylation is 1. The molecule has 19 heavy (non-hydrogen) atoms. The first-order chi connectivity index (χ1) is 9.10. The third kappa shape index (κ3) is 2.25. The molecule has 2 rings (SSSR count). The highest BCUT2D eigenvalue weighted by molar-refractivity contribution is 7.20. The molecule has 2 heterocycles. The minimum atomic E-state index is -0.938. The molecule has 98 valence electrons. The Bertz CT molecular complexity index is 672. The van der Waals surface area contributed by atoms with Crippen LogP contribution in [0.25, 0.3) is 10.2 Å². The van der Waals surface area contributed by atoms with E-state index in [1.54, 1.807) is 6.92 Å². The predicted octanol–water partition coefficient (Wildman–Crippen LogP) is 2.16. The number of rotatable bonds is 4. The van der Waals surface area contributed by atoms with E-state index in [1.165, 1.54) is 6.33 Å². The number of aromatic nitrogens is 2. The number of hydrogen-bond acceptors (Lipinski definition) is 5. The van der Waals surface area contributed by atoms with Crippen molar-refractivity contribution in [2.24, 2.45) is 0 Å². The van der Waals surface area contributed by atoms with Crippen LogP contribution in [0.2, 0.25) is 0 Å². The summed E-state index contributed by atoms with van der Waals surface area (Å²) in [6.07, 6.45) is 6.79. The van der Waals surface area contributed by atoms with E-state index in [4.69, 9.17) is 6.42 Å². The largest absolute Gasteiger partial charge is 0.477 e. The molecular weight excluding hydrogens is 262 g/mol. The fourth-order valence-corrected chi connectivity index (χ4v) is 2.93. The van der Waals surface area contributed by atoms with Gasteiger partial charge in [-0.3, -0.25) is 0 Å². The van der Waals surface area contributed by atoms with Gasteiger partial charge < -0.3 is 10.0 Å². The number of terminal acetylenes is 1. The molecule has 0 radical (unpaired) electrons. The molecule has 5 nitrogen and oxygen atoms in total. The molecule has 0 aromatic carbocycles. The van der Waals surface area contributed by atoms with Crippen LogP contribution in [0.5, 0.6) is 0 Å². The monoisotopic (exact) mass is 275 g/mol. The van der Waals surface area contributed by atoms with Gasteiger partial charge in [-0.2, -0.15) is 0 Å². The summed E-state index contributed by atoms with van der Waals surface area (Å²) >= 11 is 1.16. The second-order valence-corrected chi connectivity index (χ2v) is 4.96. The van der Waals surface area contributed by atoms with Crippen molar-refractivity contribution in [3.05, 3.63) is 16.8 Å². The Morgan fingerprint density at radius 1 is 1.58 bits per heavy atom. The third-order valence-corrected chi connectivity index (χ3v) is 4.05. The van der Waals surface area contributed by atoms with Gasteiger partial charge >= 0.3 is 5.97 Å². The predicted molar refractivity (Wildman–Crippen MR) is 75.8 cm³/mol. The standard InChI is InChI=1S/C13H13N3O2S/c1-4-6-16(5-2)11-9-8(3)10(13(17)18)19-12(9)15-7-14-11/h1,7H,5-6H2,2-3H3,(H,17,18). The molecule has 2 aromatic heterocycles. The zero-order valence-corrected chi connectivity index (χ0v) is 11.5. The minimum Gasteiger partial charge on any atom is -0.477 e. The number of carboxylic acids is 1. The van der Waals surface area contributed by atoms with Gasteiger partial charge in [-0.05, 0) is 19.4 Å². The van der Waals surface area contributed by atoms with Crippen LogP contribution >= 0.6 is 11.3 Å². The van der Waals surface area contributed by atoms with Gasteiger partial charge in [-0.1, -0.05) is 5.92 Å². The number of hydrogen-bond donors (Lipinski definition) is 1. The zero-order chi connectivity index (χ0) is 14.0. The Morgan fingerprint density at radius 2 is 2.32 bits per heavy atom. The van der Waals surface area contributed by atoms with E-state index >= 15 is 0 Å². The molecule has 0 atom stereocenters. The fourth-order valence-electron chi connectivity index (χ4n) is 1.94. The lowest BCUT2D eigenvalue weighted by Crippen LogP contribution is -2.24. The summed E-state index contributed by atoms with van der Waals surface area (Å²) in [5.74, 6) is 2.35. The first kappa shape index (κ1) is 13.3. The maximum absolute atomic E-state index is 11.2. The Kier molecular flexibility index (Phi) is 3.67. The smallest absolute Gasteiger partial charge is 0.346 e. The fraction of sp³-hybridized carbons (Fsp3) is 0.308. The third-order valence-electron chi connectivity index (χ3n) is 2.86. The SMILES string of the molecule is C#CCN(CC)c1ncnc2sc(C(=O)O)c(C)c12. The molecule has 6 heteroatoms. The molecule has 0 aliphatic rings. The van der Waals surface area contributed by atoms with Crippen molar-refractivity contribution < 1.29 is 9.90 Å². The average Bonchev–Trinajstić information content (AvgIpc) is 2.74. The molecule has 0 unspecified atom stereocenters. The van der Waals surface area contributed by atoms with Crippen molar-refractivity contribution in [3.8, 4) is 12.3 Å². The summed E-state index contributed by atoms with van der Waals surface area (Å²) < 4.78 is 0. The Hall–Kier alpha value is -2.13. The zero-order valence-electron chi connectivity index (χ0n) is 10.7. The number of anilines is 1. The summed E-state index contributed by atoms with van der Waals surface area (Å²) in [6, 6.07) is 0. The normalized spacial score (nSPS) is 10.4. The van der Waals surface area contributed by atoms with Crippen LogP contribution in [0.4, 0.5) is 5.82 Å². The van der Waals surface area contributed by atoms with Crippen LogP contribution in [0.1, 0.15) is 22.2 Å². The summed E-state index contributed by atoms with van der Waals surface area (Å²) in [5, 5.41) is 9.95. The van der Waals surface area contributed by atoms with Crippen LogP contribution in [-0.4, -0.2) is 34.1 Å². The maximum atomic E-state index is 11.2. The van der Waals surface area contributed by atoms with Gasteiger partial charge in [0.15, 0.2) is 0 Å². The summed E-state index contributed by atoms with van der Waals surface area (Å²) in [5.41, 5.74) is 0.693. The molecule has 0 aliphatic heterocycles. The first-order valence-corrected chi connectivity index (χ1v) is 6.57. The highest BCUT2D eigenvalue weighted by Crippen LogP contribution is 2.34. The van der Waals surface area contributed by atoms with E-state index in [0.29, 0.717) is 34.2 Å². The van der Waals surface area contributed by atoms with Crippen LogP contribution in [0.15, 0.2) is 6.33 Å². The quantitative estimate of drug-likeness (QED) is 0.866. The lowest BCUT2D eigenvalue weighted by molar-refractivity contribution is 0.0701. The van der Waals surface area contributed by atoms with Crippen molar-refractivity contribution in [3.63, 3.8) is 0 Å². The van der Waals surface area contributed by atoms with Gasteiger partial charge in [-0.25, -0.2) is 14.8 Å². The minimum absolute atomic E-state index is 0.300. The molecule has 0 saturated heterocycles. The van der Waals surface area contributed by atoms with Crippen LogP contribution < -0.4 is 4.90 Å². The highest BCUT2D eigenvalue weighted by Gasteiger charge is 2.20. The Morgan fingerprint density at radius 3 is 2.89 bits per heavy atom. The molecule has 0 saturated carbocycles.